The van der Waals surface area contributed by atoms with Gasteiger partial charge in [-0.3, -0.25) is 4.90 Å². The molecule has 0 bridgehead atoms. The van der Waals surface area contributed by atoms with Crippen LogP contribution in [0.3, 0.4) is 0 Å². The summed E-state index contributed by atoms with van der Waals surface area (Å²) in [5.41, 5.74) is 3.31. The first kappa shape index (κ1) is 16.0. The summed E-state index contributed by atoms with van der Waals surface area (Å²) in [5, 5.41) is 9.41. The third kappa shape index (κ3) is 3.54. The number of aliphatic hydroxyl groups is 1. The fraction of sp³-hybridized carbons (Fsp3) is 0.368. The highest BCUT2D eigenvalue weighted by Crippen LogP contribution is 2.31. The van der Waals surface area contributed by atoms with Gasteiger partial charge in [0.1, 0.15) is 11.6 Å². The number of hydrogen-bond acceptors (Lipinski definition) is 3. The molecule has 122 valence electrons. The van der Waals surface area contributed by atoms with Gasteiger partial charge in [0, 0.05) is 12.1 Å². The van der Waals surface area contributed by atoms with Gasteiger partial charge in [0.05, 0.1) is 13.7 Å². The van der Waals surface area contributed by atoms with Crippen LogP contribution in [0.25, 0.3) is 11.1 Å². The molecule has 0 radical (unpaired) electrons. The van der Waals surface area contributed by atoms with Gasteiger partial charge in [-0.1, -0.05) is 18.2 Å². The lowest BCUT2D eigenvalue weighted by Gasteiger charge is -2.19. The van der Waals surface area contributed by atoms with Gasteiger partial charge < -0.3 is 9.84 Å². The molecular weight excluding hydrogens is 293 g/mol. The highest BCUT2D eigenvalue weighted by molar-refractivity contribution is 5.70. The summed E-state index contributed by atoms with van der Waals surface area (Å²) >= 11 is 0. The minimum Gasteiger partial charge on any atom is -0.497 e. The van der Waals surface area contributed by atoms with E-state index in [1.165, 1.54) is 18.9 Å². The number of likely N-dealkylation sites (tertiary alicyclic amines) is 1. The maximum absolute atomic E-state index is 14.3. The van der Waals surface area contributed by atoms with Gasteiger partial charge in [0.2, 0.25) is 0 Å². The quantitative estimate of drug-likeness (QED) is 0.915. The summed E-state index contributed by atoms with van der Waals surface area (Å²) in [6, 6.07) is 10.5. The van der Waals surface area contributed by atoms with E-state index in [1.807, 2.05) is 18.2 Å². The van der Waals surface area contributed by atoms with Gasteiger partial charge in [-0.25, -0.2) is 4.39 Å². The Morgan fingerprint density at radius 3 is 2.57 bits per heavy atom. The molecule has 3 nitrogen and oxygen atoms in total. The van der Waals surface area contributed by atoms with Crippen molar-refractivity contribution < 1.29 is 14.2 Å². The van der Waals surface area contributed by atoms with Gasteiger partial charge in [-0.15, -0.1) is 0 Å². The molecule has 0 saturated carbocycles. The molecule has 0 unspecified atom stereocenters. The number of ether oxygens (including phenoxy) is 1. The van der Waals surface area contributed by atoms with Gasteiger partial charge in [0.25, 0.3) is 0 Å². The van der Waals surface area contributed by atoms with Crippen LogP contribution in [0, 0.1) is 5.82 Å². The van der Waals surface area contributed by atoms with Crippen molar-refractivity contribution in [3.05, 3.63) is 53.3 Å². The molecule has 0 spiro atoms. The van der Waals surface area contributed by atoms with Gasteiger partial charge in [0.15, 0.2) is 0 Å². The third-order valence-corrected chi connectivity index (χ3v) is 4.41. The zero-order valence-electron chi connectivity index (χ0n) is 13.4. The minimum atomic E-state index is -0.259. The van der Waals surface area contributed by atoms with Crippen LogP contribution < -0.4 is 4.74 Å². The fourth-order valence-corrected chi connectivity index (χ4v) is 3.16. The van der Waals surface area contributed by atoms with Crippen LogP contribution in [-0.4, -0.2) is 30.2 Å². The molecule has 1 aliphatic rings. The SMILES string of the molecule is COc1ccc(F)c(-c2ccc(CO)cc2CN2CCCC2)c1. The molecule has 0 atom stereocenters. The first-order chi connectivity index (χ1) is 11.2. The monoisotopic (exact) mass is 315 g/mol. The molecule has 23 heavy (non-hydrogen) atoms. The van der Waals surface area contributed by atoms with Crippen molar-refractivity contribution in [2.45, 2.75) is 26.0 Å². The van der Waals surface area contributed by atoms with Crippen molar-refractivity contribution >= 4 is 0 Å². The smallest absolute Gasteiger partial charge is 0.131 e. The van der Waals surface area contributed by atoms with Crippen LogP contribution in [0.15, 0.2) is 36.4 Å². The summed E-state index contributed by atoms with van der Waals surface area (Å²) in [4.78, 5) is 2.37. The van der Waals surface area contributed by atoms with E-state index in [1.54, 1.807) is 19.2 Å². The molecular formula is C19H22FNO2. The Balaban J connectivity index is 2.03. The number of hydrogen-bond donors (Lipinski definition) is 1. The zero-order chi connectivity index (χ0) is 16.2. The lowest BCUT2D eigenvalue weighted by atomic mass is 9.96. The molecule has 0 amide bonds. The van der Waals surface area contributed by atoms with Crippen molar-refractivity contribution in [1.29, 1.82) is 0 Å². The van der Waals surface area contributed by atoms with Crippen molar-refractivity contribution in [1.82, 2.24) is 4.90 Å². The van der Waals surface area contributed by atoms with Gasteiger partial charge in [-0.2, -0.15) is 0 Å². The van der Waals surface area contributed by atoms with Crippen LogP contribution in [0.4, 0.5) is 4.39 Å². The maximum Gasteiger partial charge on any atom is 0.131 e. The summed E-state index contributed by atoms with van der Waals surface area (Å²) in [6.45, 7) is 2.92. The third-order valence-electron chi connectivity index (χ3n) is 4.41. The van der Waals surface area contributed by atoms with Crippen LogP contribution in [0.2, 0.25) is 0 Å². The number of aliphatic hydroxyl groups excluding tert-OH is 1. The van der Waals surface area contributed by atoms with Crippen LogP contribution in [0.1, 0.15) is 24.0 Å². The van der Waals surface area contributed by atoms with E-state index >= 15 is 0 Å². The van der Waals surface area contributed by atoms with E-state index in [2.05, 4.69) is 4.90 Å². The molecule has 1 saturated heterocycles. The van der Waals surface area contributed by atoms with Gasteiger partial charge >= 0.3 is 0 Å². The molecule has 1 aliphatic heterocycles. The van der Waals surface area contributed by atoms with E-state index in [-0.39, 0.29) is 12.4 Å². The standard InChI is InChI=1S/C19H22FNO2/c1-23-16-5-7-19(20)18(11-16)17-6-4-14(13-22)10-15(17)12-21-8-2-3-9-21/h4-7,10-11,22H,2-3,8-9,12-13H2,1H3. The zero-order valence-corrected chi connectivity index (χ0v) is 13.4. The lowest BCUT2D eigenvalue weighted by molar-refractivity contribution is 0.281. The first-order valence-electron chi connectivity index (χ1n) is 8.00. The second kappa shape index (κ2) is 7.11. The Kier molecular flexibility index (Phi) is 4.94. The average molecular weight is 315 g/mol. The molecule has 1 N–H and O–H groups in total. The second-order valence-electron chi connectivity index (χ2n) is 5.98. The van der Waals surface area contributed by atoms with Crippen LogP contribution in [0.5, 0.6) is 5.75 Å². The Labute approximate surface area is 136 Å². The molecule has 1 fully saturated rings. The predicted octanol–water partition coefficient (Wildman–Crippen LogP) is 3.59. The number of methoxy groups -OCH3 is 1. The maximum atomic E-state index is 14.3. The normalized spacial score (nSPS) is 15.1. The summed E-state index contributed by atoms with van der Waals surface area (Å²) in [6.07, 6.45) is 2.42. The Morgan fingerprint density at radius 1 is 1.09 bits per heavy atom. The summed E-state index contributed by atoms with van der Waals surface area (Å²) in [7, 11) is 1.58. The molecule has 0 aliphatic carbocycles. The topological polar surface area (TPSA) is 32.7 Å². The minimum absolute atomic E-state index is 0.00608. The largest absolute Gasteiger partial charge is 0.497 e. The fourth-order valence-electron chi connectivity index (χ4n) is 3.16. The highest BCUT2D eigenvalue weighted by Gasteiger charge is 2.17. The molecule has 2 aromatic rings. The van der Waals surface area contributed by atoms with Crippen molar-refractivity contribution in [2.75, 3.05) is 20.2 Å². The Morgan fingerprint density at radius 2 is 1.87 bits per heavy atom. The van der Waals surface area contributed by atoms with E-state index in [9.17, 15) is 9.50 Å². The summed E-state index contributed by atoms with van der Waals surface area (Å²) in [5.74, 6) is 0.380. The van der Waals surface area contributed by atoms with E-state index in [4.69, 9.17) is 4.74 Å². The van der Waals surface area contributed by atoms with Crippen molar-refractivity contribution in [3.8, 4) is 16.9 Å². The molecule has 4 heteroatoms. The lowest BCUT2D eigenvalue weighted by Crippen LogP contribution is -2.19. The van der Waals surface area contributed by atoms with E-state index in [0.29, 0.717) is 11.3 Å². The first-order valence-corrected chi connectivity index (χ1v) is 8.00. The van der Waals surface area contributed by atoms with Gasteiger partial charge in [-0.05, 0) is 60.8 Å². The molecule has 0 aromatic heterocycles. The van der Waals surface area contributed by atoms with Crippen molar-refractivity contribution in [3.63, 3.8) is 0 Å². The number of benzene rings is 2. The summed E-state index contributed by atoms with van der Waals surface area (Å²) < 4.78 is 19.6. The van der Waals surface area contributed by atoms with E-state index in [0.717, 1.165) is 36.3 Å². The number of rotatable bonds is 5. The Bertz CT molecular complexity index is 681. The second-order valence-corrected chi connectivity index (χ2v) is 5.98. The van der Waals surface area contributed by atoms with E-state index < -0.39 is 0 Å². The van der Waals surface area contributed by atoms with Crippen LogP contribution in [-0.2, 0) is 13.2 Å². The average Bonchev–Trinajstić information content (AvgIpc) is 3.08. The Hall–Kier alpha value is -1.91. The van der Waals surface area contributed by atoms with Crippen molar-refractivity contribution in [2.24, 2.45) is 0 Å². The molecule has 1 heterocycles. The highest BCUT2D eigenvalue weighted by atomic mass is 19.1. The van der Waals surface area contributed by atoms with Crippen LogP contribution >= 0.6 is 0 Å². The molecule has 2 aromatic carbocycles. The molecule has 3 rings (SSSR count). The number of halogens is 1. The predicted molar refractivity (Wildman–Crippen MR) is 88.8 cm³/mol. The number of nitrogens with zero attached hydrogens (tertiary/aromatic N) is 1.